The Kier molecular flexibility index (Phi) is 7.60. The van der Waals surface area contributed by atoms with Crippen molar-refractivity contribution >= 4 is 17.0 Å². The Morgan fingerprint density at radius 2 is 1.63 bits per heavy atom. The molecule has 0 bridgehead atoms. The van der Waals surface area contributed by atoms with Gasteiger partial charge < -0.3 is 9.84 Å². The van der Waals surface area contributed by atoms with Crippen LogP contribution in [0, 0.1) is 0 Å². The van der Waals surface area contributed by atoms with Gasteiger partial charge in [0.2, 0.25) is 0 Å². The molecule has 0 amide bonds. The number of ether oxygens (including phenoxy) is 1. The van der Waals surface area contributed by atoms with Gasteiger partial charge in [-0.05, 0) is 56.0 Å². The topological polar surface area (TPSA) is 77.2 Å². The fourth-order valence-electron chi connectivity index (χ4n) is 3.28. The number of carbonyl (C=O) groups excluding carboxylic acids is 1. The van der Waals surface area contributed by atoms with E-state index >= 15 is 0 Å². The van der Waals surface area contributed by atoms with Gasteiger partial charge in [0.15, 0.2) is 0 Å². The smallest absolute Gasteiger partial charge is 0.333 e. The molecular weight excluding hydrogens is 378 g/mol. The van der Waals surface area contributed by atoms with Gasteiger partial charge in [0, 0.05) is 5.57 Å². The molecule has 6 nitrogen and oxygen atoms in total. The van der Waals surface area contributed by atoms with Crippen LogP contribution in [0.5, 0.6) is 5.75 Å². The molecule has 0 saturated heterocycles. The summed E-state index contributed by atoms with van der Waals surface area (Å²) in [5.41, 5.74) is 3.82. The van der Waals surface area contributed by atoms with Crippen LogP contribution in [0.4, 0.5) is 0 Å². The Balaban J connectivity index is 1.41. The number of fused-ring (bicyclic) bond motifs is 1. The van der Waals surface area contributed by atoms with Crippen molar-refractivity contribution in [2.45, 2.75) is 51.9 Å². The summed E-state index contributed by atoms with van der Waals surface area (Å²) < 4.78 is 5.09. The summed E-state index contributed by atoms with van der Waals surface area (Å²) in [5, 5.41) is 19.2. The standard InChI is InChI=1S/C24H29N3O3/c1-18(2)24(29)30-16-10-6-4-3-5-7-11-19-14-15-23(28)22(17-19)27-25-20-12-8-9-13-21(20)26-27/h8-9,12-15,17,28H,1,3-7,10-11,16H2,2H3. The lowest BCUT2D eigenvalue weighted by Crippen LogP contribution is -2.05. The van der Waals surface area contributed by atoms with Crippen molar-refractivity contribution in [1.29, 1.82) is 0 Å². The van der Waals surface area contributed by atoms with Crippen LogP contribution in [0.1, 0.15) is 51.0 Å². The number of esters is 1. The average Bonchev–Trinajstić information content (AvgIpc) is 3.17. The van der Waals surface area contributed by atoms with E-state index in [1.807, 2.05) is 36.4 Å². The number of carbonyl (C=O) groups is 1. The molecule has 0 fully saturated rings. The fourth-order valence-corrected chi connectivity index (χ4v) is 3.28. The molecule has 0 aliphatic heterocycles. The Morgan fingerprint density at radius 3 is 2.30 bits per heavy atom. The highest BCUT2D eigenvalue weighted by Gasteiger charge is 2.09. The van der Waals surface area contributed by atoms with Gasteiger partial charge in [-0.1, -0.05) is 50.5 Å². The highest BCUT2D eigenvalue weighted by atomic mass is 16.5. The fraction of sp³-hybridized carbons (Fsp3) is 0.375. The minimum atomic E-state index is -0.304. The van der Waals surface area contributed by atoms with Crippen molar-refractivity contribution in [3.63, 3.8) is 0 Å². The zero-order chi connectivity index (χ0) is 21.3. The van der Waals surface area contributed by atoms with E-state index in [0.29, 0.717) is 17.9 Å². The van der Waals surface area contributed by atoms with Gasteiger partial charge >= 0.3 is 5.97 Å². The van der Waals surface area contributed by atoms with Crippen molar-refractivity contribution in [2.75, 3.05) is 6.61 Å². The van der Waals surface area contributed by atoms with E-state index in [-0.39, 0.29) is 11.7 Å². The molecule has 0 aliphatic carbocycles. The molecule has 158 valence electrons. The van der Waals surface area contributed by atoms with Crippen LogP contribution in [0.15, 0.2) is 54.6 Å². The van der Waals surface area contributed by atoms with Gasteiger partial charge in [-0.2, -0.15) is 0 Å². The predicted octanol–water partition coefficient (Wildman–Crippen LogP) is 5.13. The van der Waals surface area contributed by atoms with Gasteiger partial charge in [0.1, 0.15) is 22.5 Å². The van der Waals surface area contributed by atoms with Crippen LogP contribution in [-0.4, -0.2) is 32.7 Å². The molecule has 3 rings (SSSR count). The maximum absolute atomic E-state index is 11.3. The van der Waals surface area contributed by atoms with Crippen LogP contribution >= 0.6 is 0 Å². The number of hydrogen-bond acceptors (Lipinski definition) is 5. The number of rotatable bonds is 11. The van der Waals surface area contributed by atoms with E-state index < -0.39 is 0 Å². The molecular formula is C24H29N3O3. The normalized spacial score (nSPS) is 11.0. The summed E-state index contributed by atoms with van der Waals surface area (Å²) in [6, 6.07) is 13.3. The highest BCUT2D eigenvalue weighted by molar-refractivity contribution is 5.86. The minimum Gasteiger partial charge on any atom is -0.506 e. The first-order valence-electron chi connectivity index (χ1n) is 10.5. The zero-order valence-electron chi connectivity index (χ0n) is 17.5. The lowest BCUT2D eigenvalue weighted by Gasteiger charge is -2.07. The first-order chi connectivity index (χ1) is 14.5. The quantitative estimate of drug-likeness (QED) is 0.271. The molecule has 2 aromatic carbocycles. The van der Waals surface area contributed by atoms with Crippen molar-refractivity contribution in [2.24, 2.45) is 0 Å². The van der Waals surface area contributed by atoms with E-state index in [9.17, 15) is 9.90 Å². The molecule has 0 spiro atoms. The Labute approximate surface area is 177 Å². The molecule has 0 unspecified atom stereocenters. The van der Waals surface area contributed by atoms with Gasteiger partial charge in [-0.3, -0.25) is 0 Å². The monoisotopic (exact) mass is 407 g/mol. The van der Waals surface area contributed by atoms with Crippen molar-refractivity contribution in [3.05, 3.63) is 60.2 Å². The molecule has 0 aliphatic rings. The first-order valence-corrected chi connectivity index (χ1v) is 10.5. The SMILES string of the molecule is C=C(C)C(=O)OCCCCCCCCc1ccc(O)c(-n2nc3ccccc3n2)c1. The molecule has 1 heterocycles. The second-order valence-corrected chi connectivity index (χ2v) is 7.59. The van der Waals surface area contributed by atoms with E-state index in [2.05, 4.69) is 16.8 Å². The number of aromatic hydroxyl groups is 1. The number of hydrogen-bond donors (Lipinski definition) is 1. The van der Waals surface area contributed by atoms with Gasteiger partial charge in [-0.15, -0.1) is 15.0 Å². The number of aromatic nitrogens is 3. The van der Waals surface area contributed by atoms with Crippen LogP contribution < -0.4 is 0 Å². The van der Waals surface area contributed by atoms with Gasteiger partial charge in [0.05, 0.1) is 6.61 Å². The largest absolute Gasteiger partial charge is 0.506 e. The lowest BCUT2D eigenvalue weighted by atomic mass is 10.0. The van der Waals surface area contributed by atoms with Crippen molar-refractivity contribution in [3.8, 4) is 11.4 Å². The van der Waals surface area contributed by atoms with E-state index in [4.69, 9.17) is 4.74 Å². The Hall–Kier alpha value is -3.15. The number of benzene rings is 2. The van der Waals surface area contributed by atoms with Crippen LogP contribution in [0.3, 0.4) is 0 Å². The van der Waals surface area contributed by atoms with E-state index in [1.54, 1.807) is 13.0 Å². The maximum atomic E-state index is 11.3. The molecule has 1 aromatic heterocycles. The van der Waals surface area contributed by atoms with Crippen LogP contribution in [0.25, 0.3) is 16.7 Å². The molecule has 0 atom stereocenters. The molecule has 3 aromatic rings. The Bertz CT molecular complexity index is 977. The van der Waals surface area contributed by atoms with Crippen LogP contribution in [0.2, 0.25) is 0 Å². The number of phenols is 1. The molecule has 1 N–H and O–H groups in total. The number of nitrogens with zero attached hydrogens (tertiary/aromatic N) is 3. The average molecular weight is 408 g/mol. The highest BCUT2D eigenvalue weighted by Crippen LogP contribution is 2.24. The second kappa shape index (κ2) is 10.6. The molecule has 0 saturated carbocycles. The number of aryl methyl sites for hydroxylation is 1. The van der Waals surface area contributed by atoms with Gasteiger partial charge in [0.25, 0.3) is 0 Å². The summed E-state index contributed by atoms with van der Waals surface area (Å²) in [4.78, 5) is 12.8. The summed E-state index contributed by atoms with van der Waals surface area (Å²) in [6.07, 6.45) is 7.43. The van der Waals surface area contributed by atoms with Crippen molar-refractivity contribution < 1.29 is 14.6 Å². The maximum Gasteiger partial charge on any atom is 0.333 e. The zero-order valence-corrected chi connectivity index (χ0v) is 17.5. The molecule has 6 heteroatoms. The second-order valence-electron chi connectivity index (χ2n) is 7.59. The third-order valence-electron chi connectivity index (χ3n) is 4.98. The number of unbranched alkanes of at least 4 members (excludes halogenated alkanes) is 5. The summed E-state index contributed by atoms with van der Waals surface area (Å²) >= 11 is 0. The third-order valence-corrected chi connectivity index (χ3v) is 4.98. The van der Waals surface area contributed by atoms with E-state index in [0.717, 1.165) is 61.5 Å². The van der Waals surface area contributed by atoms with Crippen LogP contribution in [-0.2, 0) is 16.0 Å². The van der Waals surface area contributed by atoms with Gasteiger partial charge in [-0.25, -0.2) is 4.79 Å². The predicted molar refractivity (Wildman–Crippen MR) is 118 cm³/mol. The first kappa shape index (κ1) is 21.6. The molecule has 0 radical (unpaired) electrons. The summed E-state index contributed by atoms with van der Waals surface area (Å²) in [5.74, 6) is -0.131. The third kappa shape index (κ3) is 5.92. The summed E-state index contributed by atoms with van der Waals surface area (Å²) in [6.45, 7) is 5.70. The lowest BCUT2D eigenvalue weighted by molar-refractivity contribution is -0.139. The van der Waals surface area contributed by atoms with E-state index in [1.165, 1.54) is 4.80 Å². The summed E-state index contributed by atoms with van der Waals surface area (Å²) in [7, 11) is 0. The van der Waals surface area contributed by atoms with Crippen molar-refractivity contribution in [1.82, 2.24) is 15.0 Å². The molecule has 30 heavy (non-hydrogen) atoms. The minimum absolute atomic E-state index is 0.173. The Morgan fingerprint density at radius 1 is 1.00 bits per heavy atom. The number of phenolic OH excluding ortho intramolecular Hbond substituents is 1.